The summed E-state index contributed by atoms with van der Waals surface area (Å²) in [4.78, 5) is 13.9. The Morgan fingerprint density at radius 1 is 1.47 bits per heavy atom. The number of thiophene rings is 1. The van der Waals surface area contributed by atoms with Gasteiger partial charge in [0.1, 0.15) is 0 Å². The molecule has 0 N–H and O–H groups in total. The fourth-order valence-corrected chi connectivity index (χ4v) is 3.03. The third kappa shape index (κ3) is 2.40. The van der Waals surface area contributed by atoms with E-state index < -0.39 is 0 Å². The topological polar surface area (TPSA) is 20.3 Å². The maximum Gasteiger partial charge on any atom is 0.160 e. The molecule has 1 aliphatic rings. The summed E-state index contributed by atoms with van der Waals surface area (Å²) in [6.07, 6.45) is 3.49. The molecular weight excluding hydrogens is 206 g/mol. The van der Waals surface area contributed by atoms with Crippen molar-refractivity contribution in [2.75, 3.05) is 18.0 Å². The van der Waals surface area contributed by atoms with E-state index in [0.717, 1.165) is 24.3 Å². The lowest BCUT2D eigenvalue weighted by molar-refractivity contribution is 0.112. The van der Waals surface area contributed by atoms with Crippen LogP contribution in [0.1, 0.15) is 36.4 Å². The van der Waals surface area contributed by atoms with Crippen molar-refractivity contribution in [3.05, 3.63) is 17.0 Å². The third-order valence-corrected chi connectivity index (χ3v) is 4.01. The van der Waals surface area contributed by atoms with Gasteiger partial charge < -0.3 is 4.90 Å². The summed E-state index contributed by atoms with van der Waals surface area (Å²) in [7, 11) is 0. The van der Waals surface area contributed by atoms with Crippen molar-refractivity contribution in [2.45, 2.75) is 26.7 Å². The van der Waals surface area contributed by atoms with Crippen molar-refractivity contribution in [1.29, 1.82) is 0 Å². The molecule has 2 nitrogen and oxygen atoms in total. The van der Waals surface area contributed by atoms with Crippen molar-refractivity contribution < 1.29 is 4.79 Å². The SMILES string of the molecule is CC1(C)CCCN(c2ccc(C=O)s2)C1. The highest BCUT2D eigenvalue weighted by molar-refractivity contribution is 7.17. The van der Waals surface area contributed by atoms with Crippen LogP contribution < -0.4 is 4.90 Å². The molecule has 1 aromatic rings. The number of rotatable bonds is 2. The smallest absolute Gasteiger partial charge is 0.160 e. The minimum Gasteiger partial charge on any atom is -0.363 e. The minimum absolute atomic E-state index is 0.406. The van der Waals surface area contributed by atoms with Gasteiger partial charge in [0.15, 0.2) is 6.29 Å². The molecule has 0 aromatic carbocycles. The fourth-order valence-electron chi connectivity index (χ4n) is 2.19. The van der Waals surface area contributed by atoms with Gasteiger partial charge in [0.2, 0.25) is 0 Å². The molecule has 0 unspecified atom stereocenters. The van der Waals surface area contributed by atoms with E-state index in [1.807, 2.05) is 6.07 Å². The zero-order chi connectivity index (χ0) is 10.9. The first-order valence-electron chi connectivity index (χ1n) is 5.41. The summed E-state index contributed by atoms with van der Waals surface area (Å²) in [5.41, 5.74) is 0.406. The molecule has 0 bridgehead atoms. The zero-order valence-electron chi connectivity index (χ0n) is 9.32. The molecule has 15 heavy (non-hydrogen) atoms. The van der Waals surface area contributed by atoms with E-state index in [1.165, 1.54) is 17.8 Å². The van der Waals surface area contributed by atoms with Gasteiger partial charge in [-0.2, -0.15) is 0 Å². The number of nitrogens with zero attached hydrogens (tertiary/aromatic N) is 1. The molecule has 0 amide bonds. The van der Waals surface area contributed by atoms with Gasteiger partial charge in [-0.1, -0.05) is 13.8 Å². The molecule has 0 spiro atoms. The number of hydrogen-bond donors (Lipinski definition) is 0. The number of hydrogen-bond acceptors (Lipinski definition) is 3. The Hall–Kier alpha value is -0.830. The molecule has 0 saturated carbocycles. The third-order valence-electron chi connectivity index (χ3n) is 2.94. The first-order valence-corrected chi connectivity index (χ1v) is 6.22. The Kier molecular flexibility index (Phi) is 2.83. The molecule has 0 radical (unpaired) electrons. The Labute approximate surface area is 94.9 Å². The van der Waals surface area contributed by atoms with E-state index in [2.05, 4.69) is 24.8 Å². The molecule has 0 aliphatic carbocycles. The lowest BCUT2D eigenvalue weighted by Gasteiger charge is -2.38. The first-order chi connectivity index (χ1) is 7.11. The van der Waals surface area contributed by atoms with Crippen LogP contribution >= 0.6 is 11.3 Å². The van der Waals surface area contributed by atoms with Crippen LogP contribution in [0.3, 0.4) is 0 Å². The van der Waals surface area contributed by atoms with Crippen molar-refractivity contribution in [3.63, 3.8) is 0 Å². The van der Waals surface area contributed by atoms with Crippen LogP contribution in [0.25, 0.3) is 0 Å². The van der Waals surface area contributed by atoms with Gasteiger partial charge in [0.05, 0.1) is 9.88 Å². The van der Waals surface area contributed by atoms with Gasteiger partial charge in [-0.05, 0) is 30.4 Å². The lowest BCUT2D eigenvalue weighted by Crippen LogP contribution is -2.39. The number of piperidine rings is 1. The second-order valence-corrected chi connectivity index (χ2v) is 6.08. The average Bonchev–Trinajstić information content (AvgIpc) is 2.64. The van der Waals surface area contributed by atoms with Gasteiger partial charge in [-0.15, -0.1) is 11.3 Å². The highest BCUT2D eigenvalue weighted by atomic mass is 32.1. The van der Waals surface area contributed by atoms with Gasteiger partial charge >= 0.3 is 0 Å². The van der Waals surface area contributed by atoms with Gasteiger partial charge in [0, 0.05) is 13.1 Å². The van der Waals surface area contributed by atoms with E-state index in [4.69, 9.17) is 0 Å². The van der Waals surface area contributed by atoms with Crippen LogP contribution in [0.2, 0.25) is 0 Å². The van der Waals surface area contributed by atoms with Crippen molar-refractivity contribution in [2.24, 2.45) is 5.41 Å². The molecule has 3 heteroatoms. The minimum atomic E-state index is 0.406. The Morgan fingerprint density at radius 3 is 2.87 bits per heavy atom. The van der Waals surface area contributed by atoms with Crippen LogP contribution in [-0.4, -0.2) is 19.4 Å². The Balaban J connectivity index is 2.13. The average molecular weight is 223 g/mol. The molecule has 2 rings (SSSR count). The zero-order valence-corrected chi connectivity index (χ0v) is 10.1. The molecule has 0 atom stereocenters. The number of aldehydes is 1. The quantitative estimate of drug-likeness (QED) is 0.718. The maximum absolute atomic E-state index is 10.6. The van der Waals surface area contributed by atoms with E-state index in [0.29, 0.717) is 5.41 Å². The highest BCUT2D eigenvalue weighted by Crippen LogP contribution is 2.34. The lowest BCUT2D eigenvalue weighted by atomic mass is 9.84. The fraction of sp³-hybridized carbons (Fsp3) is 0.583. The predicted octanol–water partition coefficient (Wildman–Crippen LogP) is 3.19. The molecule has 1 fully saturated rings. The first kappa shape index (κ1) is 10.7. The Bertz CT molecular complexity index is 356. The monoisotopic (exact) mass is 223 g/mol. The molecule has 1 saturated heterocycles. The molecular formula is C12H17NOS. The summed E-state index contributed by atoms with van der Waals surface area (Å²) >= 11 is 1.60. The van der Waals surface area contributed by atoms with Crippen LogP contribution in [-0.2, 0) is 0 Å². The number of anilines is 1. The van der Waals surface area contributed by atoms with Crippen LogP contribution in [0.5, 0.6) is 0 Å². The van der Waals surface area contributed by atoms with Crippen molar-refractivity contribution in [3.8, 4) is 0 Å². The standard InChI is InChI=1S/C12H17NOS/c1-12(2)6-3-7-13(9-12)11-5-4-10(8-14)15-11/h4-5,8H,3,6-7,9H2,1-2H3. The van der Waals surface area contributed by atoms with E-state index >= 15 is 0 Å². The summed E-state index contributed by atoms with van der Waals surface area (Å²) in [6, 6.07) is 3.98. The molecule has 1 aromatic heterocycles. The van der Waals surface area contributed by atoms with Crippen LogP contribution in [0.15, 0.2) is 12.1 Å². The largest absolute Gasteiger partial charge is 0.363 e. The second-order valence-electron chi connectivity index (χ2n) is 4.98. The van der Waals surface area contributed by atoms with Crippen LogP contribution in [0, 0.1) is 5.41 Å². The van der Waals surface area contributed by atoms with Gasteiger partial charge in [0.25, 0.3) is 0 Å². The summed E-state index contributed by atoms with van der Waals surface area (Å²) < 4.78 is 0. The normalized spacial score (nSPS) is 20.3. The van der Waals surface area contributed by atoms with Gasteiger partial charge in [-0.3, -0.25) is 4.79 Å². The van der Waals surface area contributed by atoms with E-state index in [1.54, 1.807) is 11.3 Å². The highest BCUT2D eigenvalue weighted by Gasteiger charge is 2.26. The summed E-state index contributed by atoms with van der Waals surface area (Å²) in [6.45, 7) is 6.86. The second kappa shape index (κ2) is 3.97. The molecule has 82 valence electrons. The Morgan fingerprint density at radius 2 is 2.27 bits per heavy atom. The number of carbonyl (C=O) groups excluding carboxylic acids is 1. The van der Waals surface area contributed by atoms with E-state index in [9.17, 15) is 4.79 Å². The van der Waals surface area contributed by atoms with Crippen LogP contribution in [0.4, 0.5) is 5.00 Å². The predicted molar refractivity (Wildman–Crippen MR) is 64.9 cm³/mol. The van der Waals surface area contributed by atoms with E-state index in [-0.39, 0.29) is 0 Å². The number of carbonyl (C=O) groups is 1. The van der Waals surface area contributed by atoms with Crippen molar-refractivity contribution in [1.82, 2.24) is 0 Å². The maximum atomic E-state index is 10.6. The van der Waals surface area contributed by atoms with Crippen molar-refractivity contribution >= 4 is 22.6 Å². The van der Waals surface area contributed by atoms with Gasteiger partial charge in [-0.25, -0.2) is 0 Å². The summed E-state index contributed by atoms with van der Waals surface area (Å²) in [5.74, 6) is 0. The molecule has 1 aliphatic heterocycles. The molecule has 2 heterocycles. The summed E-state index contributed by atoms with van der Waals surface area (Å²) in [5, 5.41) is 1.24.